The molecule has 2 atom stereocenters. The van der Waals surface area contributed by atoms with Crippen molar-refractivity contribution in [3.8, 4) is 0 Å². The second-order valence-corrected chi connectivity index (χ2v) is 5.24. The summed E-state index contributed by atoms with van der Waals surface area (Å²) in [6.07, 6.45) is 0.668. The molecule has 4 heteroatoms. The van der Waals surface area contributed by atoms with E-state index in [1.807, 2.05) is 24.4 Å². The standard InChI is InChI=1S/C12H20N2OS/c1-4-9(13)12(15)14-11(8(2)3)10-6-5-7-16-10/h5-9,11H,4,13H2,1-3H3,(H,14,15)/t9-,11?/m1/s1. The average molecular weight is 240 g/mol. The van der Waals surface area contributed by atoms with Crippen LogP contribution in [0.4, 0.5) is 0 Å². The predicted molar refractivity (Wildman–Crippen MR) is 68.3 cm³/mol. The van der Waals surface area contributed by atoms with Crippen LogP contribution in [0.1, 0.15) is 38.1 Å². The van der Waals surface area contributed by atoms with Crippen molar-refractivity contribution in [2.45, 2.75) is 39.3 Å². The molecular weight excluding hydrogens is 220 g/mol. The van der Waals surface area contributed by atoms with E-state index in [4.69, 9.17) is 5.73 Å². The zero-order valence-electron chi connectivity index (χ0n) is 10.1. The van der Waals surface area contributed by atoms with E-state index in [-0.39, 0.29) is 11.9 Å². The number of rotatable bonds is 5. The van der Waals surface area contributed by atoms with E-state index in [0.717, 1.165) is 0 Å². The molecule has 0 fully saturated rings. The number of carbonyl (C=O) groups excluding carboxylic acids is 1. The molecule has 0 bridgehead atoms. The first-order valence-electron chi connectivity index (χ1n) is 5.65. The first kappa shape index (κ1) is 13.2. The minimum absolute atomic E-state index is 0.0606. The number of amides is 1. The Kier molecular flexibility index (Phi) is 4.96. The van der Waals surface area contributed by atoms with Crippen LogP contribution in [0.25, 0.3) is 0 Å². The molecule has 3 N–H and O–H groups in total. The van der Waals surface area contributed by atoms with Crippen molar-refractivity contribution in [2.75, 3.05) is 0 Å². The van der Waals surface area contributed by atoms with Gasteiger partial charge in [-0.1, -0.05) is 26.8 Å². The zero-order chi connectivity index (χ0) is 12.1. The topological polar surface area (TPSA) is 55.1 Å². The van der Waals surface area contributed by atoms with Gasteiger partial charge in [-0.15, -0.1) is 11.3 Å². The highest BCUT2D eigenvalue weighted by Gasteiger charge is 2.21. The molecule has 0 saturated carbocycles. The smallest absolute Gasteiger partial charge is 0.237 e. The van der Waals surface area contributed by atoms with Gasteiger partial charge in [0.05, 0.1) is 12.1 Å². The van der Waals surface area contributed by atoms with E-state index in [9.17, 15) is 4.79 Å². The number of carbonyl (C=O) groups is 1. The molecule has 16 heavy (non-hydrogen) atoms. The van der Waals surface area contributed by atoms with E-state index in [1.165, 1.54) is 4.88 Å². The fourth-order valence-corrected chi connectivity index (χ4v) is 2.43. The van der Waals surface area contributed by atoms with Crippen LogP contribution in [-0.2, 0) is 4.79 Å². The summed E-state index contributed by atoms with van der Waals surface area (Å²) in [5, 5.41) is 5.04. The van der Waals surface area contributed by atoms with Crippen molar-refractivity contribution >= 4 is 17.2 Å². The molecule has 1 aromatic rings. The first-order chi connectivity index (χ1) is 7.56. The van der Waals surface area contributed by atoms with Gasteiger partial charge in [-0.25, -0.2) is 0 Å². The number of hydrogen-bond acceptors (Lipinski definition) is 3. The van der Waals surface area contributed by atoms with Crippen LogP contribution in [0.15, 0.2) is 17.5 Å². The van der Waals surface area contributed by atoms with Crippen LogP contribution in [0.5, 0.6) is 0 Å². The van der Waals surface area contributed by atoms with Crippen LogP contribution >= 0.6 is 11.3 Å². The molecule has 1 unspecified atom stereocenters. The highest BCUT2D eigenvalue weighted by atomic mass is 32.1. The lowest BCUT2D eigenvalue weighted by molar-refractivity contribution is -0.123. The van der Waals surface area contributed by atoms with E-state index in [2.05, 4.69) is 19.2 Å². The summed E-state index contributed by atoms with van der Waals surface area (Å²) in [5.41, 5.74) is 5.71. The van der Waals surface area contributed by atoms with Crippen molar-refractivity contribution in [1.29, 1.82) is 0 Å². The summed E-state index contributed by atoms with van der Waals surface area (Å²) in [5.74, 6) is 0.307. The molecule has 0 saturated heterocycles. The third-order valence-electron chi connectivity index (χ3n) is 2.59. The van der Waals surface area contributed by atoms with Crippen LogP contribution in [0.2, 0.25) is 0 Å². The van der Waals surface area contributed by atoms with Gasteiger partial charge in [0.2, 0.25) is 5.91 Å². The van der Waals surface area contributed by atoms with Gasteiger partial charge >= 0.3 is 0 Å². The maximum atomic E-state index is 11.8. The van der Waals surface area contributed by atoms with Gasteiger partial charge < -0.3 is 11.1 Å². The zero-order valence-corrected chi connectivity index (χ0v) is 10.9. The Morgan fingerprint density at radius 2 is 2.25 bits per heavy atom. The van der Waals surface area contributed by atoms with Gasteiger partial charge in [-0.05, 0) is 23.8 Å². The molecule has 0 aromatic carbocycles. The molecule has 1 amide bonds. The van der Waals surface area contributed by atoms with Crippen LogP contribution in [-0.4, -0.2) is 11.9 Å². The van der Waals surface area contributed by atoms with Gasteiger partial charge in [0.1, 0.15) is 0 Å². The largest absolute Gasteiger partial charge is 0.347 e. The molecule has 0 aliphatic carbocycles. The minimum atomic E-state index is -0.402. The lowest BCUT2D eigenvalue weighted by Gasteiger charge is -2.22. The average Bonchev–Trinajstić information content (AvgIpc) is 2.76. The van der Waals surface area contributed by atoms with Crippen molar-refractivity contribution in [3.05, 3.63) is 22.4 Å². The molecule has 0 aliphatic rings. The van der Waals surface area contributed by atoms with Gasteiger partial charge in [-0.3, -0.25) is 4.79 Å². The fourth-order valence-electron chi connectivity index (χ4n) is 1.48. The lowest BCUT2D eigenvalue weighted by atomic mass is 10.0. The molecule has 1 heterocycles. The van der Waals surface area contributed by atoms with Crippen molar-refractivity contribution in [3.63, 3.8) is 0 Å². The predicted octanol–water partition coefficient (Wildman–Crippen LogP) is 2.30. The molecule has 1 rings (SSSR count). The maximum absolute atomic E-state index is 11.8. The molecule has 3 nitrogen and oxygen atoms in total. The normalized spacial score (nSPS) is 14.8. The molecule has 0 aliphatic heterocycles. The Morgan fingerprint density at radius 3 is 2.69 bits per heavy atom. The number of hydrogen-bond donors (Lipinski definition) is 2. The molecule has 90 valence electrons. The van der Waals surface area contributed by atoms with Crippen LogP contribution in [0, 0.1) is 5.92 Å². The summed E-state index contributed by atoms with van der Waals surface area (Å²) < 4.78 is 0. The van der Waals surface area contributed by atoms with Gasteiger partial charge in [0.15, 0.2) is 0 Å². The summed E-state index contributed by atoms with van der Waals surface area (Å²) in [4.78, 5) is 12.9. The van der Waals surface area contributed by atoms with Gasteiger partial charge in [0, 0.05) is 4.88 Å². The molecule has 0 radical (unpaired) electrons. The Hall–Kier alpha value is -0.870. The summed E-state index contributed by atoms with van der Waals surface area (Å²) >= 11 is 1.67. The Balaban J connectivity index is 2.70. The number of nitrogens with one attached hydrogen (secondary N) is 1. The molecule has 1 aromatic heterocycles. The van der Waals surface area contributed by atoms with E-state index in [1.54, 1.807) is 11.3 Å². The summed E-state index contributed by atoms with van der Waals surface area (Å²) in [7, 11) is 0. The fraction of sp³-hybridized carbons (Fsp3) is 0.583. The Labute approximate surface area is 101 Å². The lowest BCUT2D eigenvalue weighted by Crippen LogP contribution is -2.42. The first-order valence-corrected chi connectivity index (χ1v) is 6.53. The Bertz CT molecular complexity index is 322. The minimum Gasteiger partial charge on any atom is -0.347 e. The maximum Gasteiger partial charge on any atom is 0.237 e. The third kappa shape index (κ3) is 3.32. The van der Waals surface area contributed by atoms with Gasteiger partial charge in [0.25, 0.3) is 0 Å². The highest BCUT2D eigenvalue weighted by molar-refractivity contribution is 7.10. The monoisotopic (exact) mass is 240 g/mol. The van der Waals surface area contributed by atoms with Crippen LogP contribution < -0.4 is 11.1 Å². The van der Waals surface area contributed by atoms with Crippen molar-refractivity contribution < 1.29 is 4.79 Å². The second kappa shape index (κ2) is 6.01. The van der Waals surface area contributed by atoms with Crippen molar-refractivity contribution in [2.24, 2.45) is 11.7 Å². The second-order valence-electron chi connectivity index (χ2n) is 4.26. The van der Waals surface area contributed by atoms with E-state index >= 15 is 0 Å². The van der Waals surface area contributed by atoms with Crippen molar-refractivity contribution in [1.82, 2.24) is 5.32 Å². The molecule has 0 spiro atoms. The SMILES string of the molecule is CC[C@@H](N)C(=O)NC(c1cccs1)C(C)C. The summed E-state index contributed by atoms with van der Waals surface area (Å²) in [6, 6.07) is 3.72. The third-order valence-corrected chi connectivity index (χ3v) is 3.55. The Morgan fingerprint density at radius 1 is 1.56 bits per heavy atom. The highest BCUT2D eigenvalue weighted by Crippen LogP contribution is 2.25. The van der Waals surface area contributed by atoms with E-state index < -0.39 is 6.04 Å². The van der Waals surface area contributed by atoms with E-state index in [0.29, 0.717) is 12.3 Å². The molecular formula is C12H20N2OS. The quantitative estimate of drug-likeness (QED) is 0.829. The summed E-state index contributed by atoms with van der Waals surface area (Å²) in [6.45, 7) is 6.12. The number of thiophene rings is 1. The number of nitrogens with two attached hydrogens (primary N) is 1. The van der Waals surface area contributed by atoms with Gasteiger partial charge in [-0.2, -0.15) is 0 Å². The van der Waals surface area contributed by atoms with Crippen LogP contribution in [0.3, 0.4) is 0 Å².